The molecule has 1 aromatic rings. The van der Waals surface area contributed by atoms with Gasteiger partial charge in [-0.25, -0.2) is 4.98 Å². The van der Waals surface area contributed by atoms with Gasteiger partial charge in [-0.2, -0.15) is 0 Å². The Labute approximate surface area is 79.4 Å². The lowest BCUT2D eigenvalue weighted by atomic mass is 10.3. The van der Waals surface area contributed by atoms with Gasteiger partial charge in [0.25, 0.3) is 0 Å². The molecule has 0 spiro atoms. The van der Waals surface area contributed by atoms with Crippen LogP contribution >= 0.6 is 0 Å². The van der Waals surface area contributed by atoms with Crippen LogP contribution in [-0.2, 0) is 6.54 Å². The fourth-order valence-electron chi connectivity index (χ4n) is 1.20. The molecule has 4 heteroatoms. The van der Waals surface area contributed by atoms with Gasteiger partial charge in [0.15, 0.2) is 0 Å². The standard InChI is InChI=1S/C9H18N4/c1-8(10)9-6-11-7-13(9)5-4-12(2)3/h6-8H,4-5,10H2,1-3H3/t8-/m1/s1. The zero-order valence-corrected chi connectivity index (χ0v) is 8.57. The molecule has 0 saturated carbocycles. The van der Waals surface area contributed by atoms with Crippen LogP contribution in [0.2, 0.25) is 0 Å². The van der Waals surface area contributed by atoms with Crippen LogP contribution in [0, 0.1) is 0 Å². The average molecular weight is 182 g/mol. The van der Waals surface area contributed by atoms with Crippen LogP contribution < -0.4 is 5.73 Å². The summed E-state index contributed by atoms with van der Waals surface area (Å²) in [5.74, 6) is 0. The third-order valence-electron chi connectivity index (χ3n) is 2.00. The van der Waals surface area contributed by atoms with Crippen LogP contribution in [0.15, 0.2) is 12.5 Å². The number of nitrogens with two attached hydrogens (primary N) is 1. The summed E-state index contributed by atoms with van der Waals surface area (Å²) in [6.07, 6.45) is 3.67. The molecule has 1 rings (SSSR count). The van der Waals surface area contributed by atoms with Crippen LogP contribution in [0.25, 0.3) is 0 Å². The van der Waals surface area contributed by atoms with E-state index < -0.39 is 0 Å². The first-order valence-corrected chi connectivity index (χ1v) is 4.51. The van der Waals surface area contributed by atoms with Crippen LogP contribution in [0.3, 0.4) is 0 Å². The number of rotatable bonds is 4. The van der Waals surface area contributed by atoms with E-state index in [1.165, 1.54) is 0 Å². The monoisotopic (exact) mass is 182 g/mol. The van der Waals surface area contributed by atoms with Gasteiger partial charge in [0.1, 0.15) is 0 Å². The second-order valence-electron chi connectivity index (χ2n) is 3.60. The second kappa shape index (κ2) is 4.39. The lowest BCUT2D eigenvalue weighted by Gasteiger charge is -2.13. The van der Waals surface area contributed by atoms with E-state index in [2.05, 4.69) is 28.5 Å². The molecule has 4 nitrogen and oxygen atoms in total. The molecule has 0 aliphatic rings. The predicted octanol–water partition coefficient (Wildman–Crippen LogP) is 0.464. The molecule has 0 bridgehead atoms. The molecule has 0 aromatic carbocycles. The number of hydrogen-bond donors (Lipinski definition) is 1. The van der Waals surface area contributed by atoms with Gasteiger partial charge in [0.2, 0.25) is 0 Å². The van der Waals surface area contributed by atoms with Gasteiger partial charge in [-0.1, -0.05) is 0 Å². The van der Waals surface area contributed by atoms with Crippen molar-refractivity contribution in [2.45, 2.75) is 19.5 Å². The molecule has 1 atom stereocenters. The number of imidazole rings is 1. The Morgan fingerprint density at radius 1 is 1.62 bits per heavy atom. The van der Waals surface area contributed by atoms with Gasteiger partial charge in [-0.05, 0) is 21.0 Å². The van der Waals surface area contributed by atoms with Crippen LogP contribution in [0.5, 0.6) is 0 Å². The van der Waals surface area contributed by atoms with Gasteiger partial charge in [-0.3, -0.25) is 0 Å². The van der Waals surface area contributed by atoms with Gasteiger partial charge in [-0.15, -0.1) is 0 Å². The Kier molecular flexibility index (Phi) is 3.45. The molecule has 0 aliphatic heterocycles. The zero-order chi connectivity index (χ0) is 9.84. The van der Waals surface area contributed by atoms with E-state index >= 15 is 0 Å². The number of likely N-dealkylation sites (N-methyl/N-ethyl adjacent to an activating group) is 1. The van der Waals surface area contributed by atoms with Crippen molar-refractivity contribution in [2.24, 2.45) is 5.73 Å². The maximum atomic E-state index is 5.79. The van der Waals surface area contributed by atoms with E-state index in [1.807, 2.05) is 19.4 Å². The highest BCUT2D eigenvalue weighted by Crippen LogP contribution is 2.07. The van der Waals surface area contributed by atoms with Gasteiger partial charge in [0, 0.05) is 25.3 Å². The lowest BCUT2D eigenvalue weighted by molar-refractivity contribution is 0.379. The summed E-state index contributed by atoms with van der Waals surface area (Å²) in [6, 6.07) is 0.0599. The van der Waals surface area contributed by atoms with E-state index in [9.17, 15) is 0 Å². The Bertz CT molecular complexity index is 252. The Morgan fingerprint density at radius 2 is 2.31 bits per heavy atom. The van der Waals surface area contributed by atoms with Crippen LogP contribution in [-0.4, -0.2) is 35.1 Å². The average Bonchev–Trinajstić information content (AvgIpc) is 2.47. The summed E-state index contributed by atoms with van der Waals surface area (Å²) in [7, 11) is 4.12. The van der Waals surface area contributed by atoms with E-state index in [4.69, 9.17) is 5.73 Å². The number of hydrogen-bond acceptors (Lipinski definition) is 3. The first-order valence-electron chi connectivity index (χ1n) is 4.51. The molecule has 0 radical (unpaired) electrons. The van der Waals surface area contributed by atoms with Crippen molar-refractivity contribution < 1.29 is 0 Å². The summed E-state index contributed by atoms with van der Waals surface area (Å²) >= 11 is 0. The van der Waals surface area contributed by atoms with Crippen molar-refractivity contribution in [1.82, 2.24) is 14.5 Å². The van der Waals surface area contributed by atoms with Crippen molar-refractivity contribution in [3.63, 3.8) is 0 Å². The molecule has 0 fully saturated rings. The quantitative estimate of drug-likeness (QED) is 0.736. The van der Waals surface area contributed by atoms with Crippen molar-refractivity contribution in [1.29, 1.82) is 0 Å². The molecule has 1 aromatic heterocycles. The first-order chi connectivity index (χ1) is 6.11. The molecule has 0 unspecified atom stereocenters. The molecule has 0 amide bonds. The Hall–Kier alpha value is -0.870. The number of aromatic nitrogens is 2. The number of nitrogens with zero attached hydrogens (tertiary/aromatic N) is 3. The van der Waals surface area contributed by atoms with Crippen LogP contribution in [0.4, 0.5) is 0 Å². The molecule has 0 aliphatic carbocycles. The van der Waals surface area contributed by atoms with Crippen molar-refractivity contribution >= 4 is 0 Å². The SMILES string of the molecule is C[C@@H](N)c1cncn1CCN(C)C. The summed E-state index contributed by atoms with van der Waals surface area (Å²) in [5.41, 5.74) is 6.89. The molecule has 74 valence electrons. The minimum absolute atomic E-state index is 0.0599. The first kappa shape index (κ1) is 10.2. The van der Waals surface area contributed by atoms with Gasteiger partial charge < -0.3 is 15.2 Å². The third kappa shape index (κ3) is 2.82. The maximum absolute atomic E-state index is 5.79. The van der Waals surface area contributed by atoms with E-state index in [0.29, 0.717) is 0 Å². The fraction of sp³-hybridized carbons (Fsp3) is 0.667. The minimum atomic E-state index is 0.0599. The van der Waals surface area contributed by atoms with Gasteiger partial charge in [0.05, 0.1) is 12.0 Å². The normalized spacial score (nSPS) is 13.6. The largest absolute Gasteiger partial charge is 0.332 e. The summed E-state index contributed by atoms with van der Waals surface area (Å²) in [6.45, 7) is 3.93. The Morgan fingerprint density at radius 3 is 2.85 bits per heavy atom. The Balaban J connectivity index is 2.60. The molecular weight excluding hydrogens is 164 g/mol. The molecule has 13 heavy (non-hydrogen) atoms. The van der Waals surface area contributed by atoms with Crippen molar-refractivity contribution in [3.8, 4) is 0 Å². The topological polar surface area (TPSA) is 47.1 Å². The summed E-state index contributed by atoms with van der Waals surface area (Å²) in [5, 5.41) is 0. The van der Waals surface area contributed by atoms with Crippen molar-refractivity contribution in [2.75, 3.05) is 20.6 Å². The molecule has 2 N–H and O–H groups in total. The highest BCUT2D eigenvalue weighted by Gasteiger charge is 2.05. The smallest absolute Gasteiger partial charge is 0.0949 e. The third-order valence-corrected chi connectivity index (χ3v) is 2.00. The van der Waals surface area contributed by atoms with Crippen molar-refractivity contribution in [3.05, 3.63) is 18.2 Å². The van der Waals surface area contributed by atoms with Gasteiger partial charge >= 0.3 is 0 Å². The van der Waals surface area contributed by atoms with E-state index in [-0.39, 0.29) is 6.04 Å². The molecule has 0 saturated heterocycles. The fourth-order valence-corrected chi connectivity index (χ4v) is 1.20. The minimum Gasteiger partial charge on any atom is -0.332 e. The molecular formula is C9H18N4. The van der Waals surface area contributed by atoms with E-state index in [1.54, 1.807) is 0 Å². The second-order valence-corrected chi connectivity index (χ2v) is 3.60. The highest BCUT2D eigenvalue weighted by molar-refractivity contribution is 5.02. The zero-order valence-electron chi connectivity index (χ0n) is 8.57. The summed E-state index contributed by atoms with van der Waals surface area (Å²) < 4.78 is 2.10. The van der Waals surface area contributed by atoms with E-state index in [0.717, 1.165) is 18.8 Å². The lowest BCUT2D eigenvalue weighted by Crippen LogP contribution is -2.20. The molecule has 1 heterocycles. The highest BCUT2D eigenvalue weighted by atomic mass is 15.1. The maximum Gasteiger partial charge on any atom is 0.0949 e. The summed E-state index contributed by atoms with van der Waals surface area (Å²) in [4.78, 5) is 6.23. The predicted molar refractivity (Wildman–Crippen MR) is 53.4 cm³/mol. The van der Waals surface area contributed by atoms with Crippen LogP contribution in [0.1, 0.15) is 18.7 Å².